The highest BCUT2D eigenvalue weighted by atomic mass is 16.5. The zero-order valence-electron chi connectivity index (χ0n) is 23.3. The molecule has 37 heavy (non-hydrogen) atoms. The van der Waals surface area contributed by atoms with Crippen LogP contribution in [0.4, 0.5) is 0 Å². The van der Waals surface area contributed by atoms with Crippen molar-refractivity contribution < 1.29 is 9.53 Å². The van der Waals surface area contributed by atoms with E-state index in [9.17, 15) is 10.1 Å². The van der Waals surface area contributed by atoms with E-state index in [1.807, 2.05) is 18.2 Å². The molecule has 0 saturated heterocycles. The maximum absolute atomic E-state index is 12.9. The highest BCUT2D eigenvalue weighted by molar-refractivity contribution is 5.76. The SMILES string of the molecule is CCCCCCCCc1ccc(OC(=O)C2CCC(c3ccc(CCCCCC)cc3)CC2)c(C#N)c1. The van der Waals surface area contributed by atoms with Crippen LogP contribution in [-0.2, 0) is 17.6 Å². The predicted molar refractivity (Wildman–Crippen MR) is 153 cm³/mol. The van der Waals surface area contributed by atoms with Crippen LogP contribution >= 0.6 is 0 Å². The molecule has 0 N–H and O–H groups in total. The van der Waals surface area contributed by atoms with Gasteiger partial charge in [0.25, 0.3) is 0 Å². The number of carbonyl (C=O) groups is 1. The second-order valence-corrected chi connectivity index (χ2v) is 11.0. The number of hydrogen-bond donors (Lipinski definition) is 0. The van der Waals surface area contributed by atoms with Crippen molar-refractivity contribution in [3.63, 3.8) is 0 Å². The third kappa shape index (κ3) is 9.66. The minimum atomic E-state index is -0.180. The van der Waals surface area contributed by atoms with Gasteiger partial charge in [-0.2, -0.15) is 5.26 Å². The second-order valence-electron chi connectivity index (χ2n) is 11.0. The molecule has 2 aromatic carbocycles. The van der Waals surface area contributed by atoms with E-state index in [1.54, 1.807) is 0 Å². The number of rotatable bonds is 15. The normalized spacial score (nSPS) is 17.3. The van der Waals surface area contributed by atoms with Gasteiger partial charge in [-0.3, -0.25) is 4.79 Å². The lowest BCUT2D eigenvalue weighted by molar-refractivity contribution is -0.140. The van der Waals surface area contributed by atoms with Crippen molar-refractivity contribution in [3.05, 3.63) is 64.7 Å². The predicted octanol–water partition coefficient (Wildman–Crippen LogP) is 9.46. The Morgan fingerprint density at radius 3 is 2.00 bits per heavy atom. The molecule has 0 heterocycles. The summed E-state index contributed by atoms with van der Waals surface area (Å²) < 4.78 is 5.75. The Morgan fingerprint density at radius 1 is 0.784 bits per heavy atom. The summed E-state index contributed by atoms with van der Waals surface area (Å²) in [4.78, 5) is 12.9. The van der Waals surface area contributed by atoms with Crippen LogP contribution in [0.1, 0.15) is 132 Å². The van der Waals surface area contributed by atoms with E-state index in [1.165, 1.54) is 75.3 Å². The molecule has 0 radical (unpaired) electrons. The van der Waals surface area contributed by atoms with E-state index >= 15 is 0 Å². The van der Waals surface area contributed by atoms with Crippen LogP contribution in [0.5, 0.6) is 5.75 Å². The first-order chi connectivity index (χ1) is 18.1. The van der Waals surface area contributed by atoms with E-state index < -0.39 is 0 Å². The number of esters is 1. The van der Waals surface area contributed by atoms with Crippen molar-refractivity contribution in [1.29, 1.82) is 5.26 Å². The standard InChI is InChI=1S/C34H47NO2/c1-3-5-7-9-10-12-14-28-17-24-33(32(25-28)26-35)37-34(36)31-22-20-30(21-23-31)29-18-15-27(16-19-29)13-11-8-6-4-2/h15-19,24-25,30-31H,3-14,20-23H2,1-2H3. The summed E-state index contributed by atoms with van der Waals surface area (Å²) in [5.74, 6) is 0.675. The van der Waals surface area contributed by atoms with Crippen LogP contribution in [0.15, 0.2) is 42.5 Å². The first-order valence-electron chi connectivity index (χ1n) is 15.0. The van der Waals surface area contributed by atoms with Gasteiger partial charge in [-0.25, -0.2) is 0 Å². The molecule has 2 aromatic rings. The Bertz CT molecular complexity index is 980. The molecule has 1 fully saturated rings. The lowest BCUT2D eigenvalue weighted by atomic mass is 9.78. The summed E-state index contributed by atoms with van der Waals surface area (Å²) in [5.41, 5.74) is 4.46. The largest absolute Gasteiger partial charge is 0.425 e. The quantitative estimate of drug-likeness (QED) is 0.139. The molecule has 3 nitrogen and oxygen atoms in total. The number of carbonyl (C=O) groups excluding carboxylic acids is 1. The van der Waals surface area contributed by atoms with Crippen molar-refractivity contribution in [3.8, 4) is 11.8 Å². The minimum absolute atomic E-state index is 0.0802. The average molecular weight is 502 g/mol. The lowest BCUT2D eigenvalue weighted by Gasteiger charge is -2.27. The molecule has 1 aliphatic carbocycles. The highest BCUT2D eigenvalue weighted by Gasteiger charge is 2.29. The minimum Gasteiger partial charge on any atom is -0.425 e. The summed E-state index contributed by atoms with van der Waals surface area (Å²) in [6.45, 7) is 4.49. The van der Waals surface area contributed by atoms with Gasteiger partial charge in [-0.15, -0.1) is 0 Å². The molecule has 0 spiro atoms. The fourth-order valence-corrected chi connectivity index (χ4v) is 5.58. The fraction of sp³-hybridized carbons (Fsp3) is 0.588. The zero-order valence-corrected chi connectivity index (χ0v) is 23.3. The molecule has 0 aromatic heterocycles. The van der Waals surface area contributed by atoms with E-state index in [2.05, 4.69) is 44.2 Å². The van der Waals surface area contributed by atoms with Crippen LogP contribution in [-0.4, -0.2) is 5.97 Å². The number of benzene rings is 2. The lowest BCUT2D eigenvalue weighted by Crippen LogP contribution is -2.25. The number of nitriles is 1. The smallest absolute Gasteiger partial charge is 0.314 e. The molecule has 0 bridgehead atoms. The molecule has 1 aliphatic rings. The van der Waals surface area contributed by atoms with E-state index in [0.717, 1.165) is 44.1 Å². The Balaban J connectivity index is 1.44. The van der Waals surface area contributed by atoms with Crippen LogP contribution < -0.4 is 4.74 Å². The monoisotopic (exact) mass is 501 g/mol. The molecule has 0 unspecified atom stereocenters. The average Bonchev–Trinajstić information content (AvgIpc) is 2.94. The van der Waals surface area contributed by atoms with Gasteiger partial charge in [-0.05, 0) is 86.1 Å². The van der Waals surface area contributed by atoms with E-state index in [0.29, 0.717) is 17.2 Å². The van der Waals surface area contributed by atoms with Gasteiger partial charge in [0, 0.05) is 0 Å². The molecule has 0 aliphatic heterocycles. The molecule has 3 rings (SSSR count). The van der Waals surface area contributed by atoms with Crippen molar-refractivity contribution in [2.75, 3.05) is 0 Å². The number of unbranched alkanes of at least 4 members (excludes halogenated alkanes) is 8. The van der Waals surface area contributed by atoms with Crippen molar-refractivity contribution in [2.24, 2.45) is 5.92 Å². The summed E-state index contributed by atoms with van der Waals surface area (Å²) in [6.07, 6.45) is 18.6. The molecular weight excluding hydrogens is 454 g/mol. The zero-order chi connectivity index (χ0) is 26.3. The van der Waals surface area contributed by atoms with Gasteiger partial charge in [0.2, 0.25) is 0 Å². The number of ether oxygens (including phenoxy) is 1. The Labute approximate surface area is 225 Å². The van der Waals surface area contributed by atoms with Crippen LogP contribution in [0.25, 0.3) is 0 Å². The third-order valence-corrected chi connectivity index (χ3v) is 8.02. The first kappa shape index (κ1) is 29.0. The molecule has 200 valence electrons. The third-order valence-electron chi connectivity index (χ3n) is 8.02. The maximum atomic E-state index is 12.9. The number of nitrogens with zero attached hydrogens (tertiary/aromatic N) is 1. The summed E-state index contributed by atoms with van der Waals surface area (Å²) in [5, 5.41) is 9.65. The summed E-state index contributed by atoms with van der Waals surface area (Å²) in [7, 11) is 0. The fourth-order valence-electron chi connectivity index (χ4n) is 5.58. The van der Waals surface area contributed by atoms with Crippen molar-refractivity contribution in [2.45, 2.75) is 122 Å². The number of aryl methyl sites for hydroxylation is 2. The van der Waals surface area contributed by atoms with Gasteiger partial charge in [0.15, 0.2) is 0 Å². The Morgan fingerprint density at radius 2 is 1.35 bits per heavy atom. The molecule has 1 saturated carbocycles. The van der Waals surface area contributed by atoms with Gasteiger partial charge in [0.05, 0.1) is 11.5 Å². The van der Waals surface area contributed by atoms with Crippen LogP contribution in [0, 0.1) is 17.2 Å². The van der Waals surface area contributed by atoms with Gasteiger partial charge < -0.3 is 4.74 Å². The number of hydrogen-bond acceptors (Lipinski definition) is 3. The van der Waals surface area contributed by atoms with Crippen molar-refractivity contribution >= 4 is 5.97 Å². The van der Waals surface area contributed by atoms with Gasteiger partial charge in [0.1, 0.15) is 11.8 Å². The van der Waals surface area contributed by atoms with Crippen molar-refractivity contribution in [1.82, 2.24) is 0 Å². The topological polar surface area (TPSA) is 50.1 Å². The Hall–Kier alpha value is -2.60. The van der Waals surface area contributed by atoms with E-state index in [-0.39, 0.29) is 11.9 Å². The molecule has 3 heteroatoms. The summed E-state index contributed by atoms with van der Waals surface area (Å²) >= 11 is 0. The van der Waals surface area contributed by atoms with Crippen LogP contribution in [0.3, 0.4) is 0 Å². The first-order valence-corrected chi connectivity index (χ1v) is 15.0. The van der Waals surface area contributed by atoms with Gasteiger partial charge >= 0.3 is 5.97 Å². The summed E-state index contributed by atoms with van der Waals surface area (Å²) in [6, 6.07) is 17.1. The second kappa shape index (κ2) is 16.3. The van der Waals surface area contributed by atoms with Crippen LogP contribution in [0.2, 0.25) is 0 Å². The molecular formula is C34H47NO2. The Kier molecular flexibility index (Phi) is 12.7. The molecule has 0 atom stereocenters. The maximum Gasteiger partial charge on any atom is 0.314 e. The highest BCUT2D eigenvalue weighted by Crippen LogP contribution is 2.37. The molecule has 0 amide bonds. The van der Waals surface area contributed by atoms with Gasteiger partial charge in [-0.1, -0.05) is 95.5 Å². The van der Waals surface area contributed by atoms with E-state index in [4.69, 9.17) is 4.74 Å².